The highest BCUT2D eigenvalue weighted by Gasteiger charge is 2.40. The van der Waals surface area contributed by atoms with Gasteiger partial charge in [0.05, 0.1) is 5.92 Å². The maximum absolute atomic E-state index is 12.7. The van der Waals surface area contributed by atoms with Crippen molar-refractivity contribution in [2.24, 2.45) is 5.92 Å². The quantitative estimate of drug-likeness (QED) is 0.848. The van der Waals surface area contributed by atoms with Crippen LogP contribution in [0, 0.1) is 5.92 Å². The van der Waals surface area contributed by atoms with Gasteiger partial charge in [-0.05, 0) is 23.3 Å². The predicted octanol–water partition coefficient (Wildman–Crippen LogP) is 1.45. The molecule has 4 heterocycles. The maximum atomic E-state index is 12.7. The van der Waals surface area contributed by atoms with Crippen LogP contribution < -0.4 is 0 Å². The Labute approximate surface area is 146 Å². The SMILES string of the molecule is O=C1C[C@@H](C(=O)N2CC(c3cccnc3)C2)CN1Cc1cccnc1. The molecule has 0 unspecified atom stereocenters. The highest BCUT2D eigenvalue weighted by atomic mass is 16.2. The average Bonchev–Trinajstić information content (AvgIpc) is 2.96. The summed E-state index contributed by atoms with van der Waals surface area (Å²) in [5, 5.41) is 0. The van der Waals surface area contributed by atoms with Crippen molar-refractivity contribution in [1.82, 2.24) is 19.8 Å². The second-order valence-electron chi connectivity index (χ2n) is 6.76. The fourth-order valence-electron chi connectivity index (χ4n) is 3.55. The third-order valence-corrected chi connectivity index (χ3v) is 5.01. The van der Waals surface area contributed by atoms with Gasteiger partial charge in [-0.25, -0.2) is 0 Å². The van der Waals surface area contributed by atoms with E-state index in [1.807, 2.05) is 35.4 Å². The maximum Gasteiger partial charge on any atom is 0.228 e. The van der Waals surface area contributed by atoms with Crippen LogP contribution in [0.1, 0.15) is 23.5 Å². The third kappa shape index (κ3) is 3.24. The number of nitrogens with zero attached hydrogens (tertiary/aromatic N) is 4. The third-order valence-electron chi connectivity index (χ3n) is 5.01. The molecular formula is C19H20N4O2. The van der Waals surface area contributed by atoms with Crippen molar-refractivity contribution in [3.63, 3.8) is 0 Å². The molecule has 2 aliphatic rings. The zero-order valence-corrected chi connectivity index (χ0v) is 13.9. The molecule has 0 radical (unpaired) electrons. The van der Waals surface area contributed by atoms with Crippen molar-refractivity contribution >= 4 is 11.8 Å². The highest BCUT2D eigenvalue weighted by Crippen LogP contribution is 2.30. The minimum absolute atomic E-state index is 0.0477. The Kier molecular flexibility index (Phi) is 4.17. The van der Waals surface area contributed by atoms with Crippen molar-refractivity contribution in [2.75, 3.05) is 19.6 Å². The lowest BCUT2D eigenvalue weighted by atomic mass is 9.91. The van der Waals surface area contributed by atoms with Crippen LogP contribution in [0.5, 0.6) is 0 Å². The number of aromatic nitrogens is 2. The van der Waals surface area contributed by atoms with Gasteiger partial charge in [-0.1, -0.05) is 12.1 Å². The van der Waals surface area contributed by atoms with Crippen molar-refractivity contribution < 1.29 is 9.59 Å². The molecule has 6 heteroatoms. The van der Waals surface area contributed by atoms with Crippen molar-refractivity contribution in [3.05, 3.63) is 60.2 Å². The van der Waals surface area contributed by atoms with Gasteiger partial charge >= 0.3 is 0 Å². The zero-order chi connectivity index (χ0) is 17.2. The Hall–Kier alpha value is -2.76. The standard InChI is InChI=1S/C19H20N4O2/c24-18-7-16(11-22(18)10-14-3-1-5-20-8-14)19(25)23-12-17(13-23)15-4-2-6-21-9-15/h1-6,8-9,16-17H,7,10-13H2/t16-/m1/s1. The largest absolute Gasteiger partial charge is 0.341 e. The van der Waals surface area contributed by atoms with E-state index in [2.05, 4.69) is 9.97 Å². The average molecular weight is 336 g/mol. The van der Waals surface area contributed by atoms with E-state index in [4.69, 9.17) is 0 Å². The summed E-state index contributed by atoms with van der Waals surface area (Å²) in [7, 11) is 0. The monoisotopic (exact) mass is 336 g/mol. The van der Waals surface area contributed by atoms with Gasteiger partial charge in [-0.3, -0.25) is 19.6 Å². The molecule has 2 aliphatic heterocycles. The van der Waals surface area contributed by atoms with Crippen molar-refractivity contribution in [2.45, 2.75) is 18.9 Å². The second-order valence-corrected chi connectivity index (χ2v) is 6.76. The smallest absolute Gasteiger partial charge is 0.228 e. The first-order chi connectivity index (χ1) is 12.2. The van der Waals surface area contributed by atoms with Gasteiger partial charge in [0.1, 0.15) is 0 Å². The molecule has 2 amide bonds. The molecule has 2 aromatic heterocycles. The van der Waals surface area contributed by atoms with E-state index in [1.165, 1.54) is 5.56 Å². The van der Waals surface area contributed by atoms with Gasteiger partial charge in [0.25, 0.3) is 0 Å². The van der Waals surface area contributed by atoms with E-state index in [0.717, 1.165) is 18.7 Å². The van der Waals surface area contributed by atoms with Gasteiger partial charge in [0, 0.05) is 63.3 Å². The Balaban J connectivity index is 1.33. The number of carbonyl (C=O) groups is 2. The van der Waals surface area contributed by atoms with Crippen LogP contribution in [0.15, 0.2) is 49.1 Å². The lowest BCUT2D eigenvalue weighted by molar-refractivity contribution is -0.140. The van der Waals surface area contributed by atoms with E-state index in [0.29, 0.717) is 25.4 Å². The van der Waals surface area contributed by atoms with Crippen LogP contribution in [0.2, 0.25) is 0 Å². The van der Waals surface area contributed by atoms with Crippen LogP contribution >= 0.6 is 0 Å². The van der Waals surface area contributed by atoms with E-state index < -0.39 is 0 Å². The lowest BCUT2D eigenvalue weighted by Gasteiger charge is -2.40. The first-order valence-electron chi connectivity index (χ1n) is 8.56. The molecule has 0 spiro atoms. The Bertz CT molecular complexity index is 760. The van der Waals surface area contributed by atoms with Gasteiger partial charge in [-0.15, -0.1) is 0 Å². The number of hydrogen-bond acceptors (Lipinski definition) is 4. The molecule has 0 aromatic carbocycles. The van der Waals surface area contributed by atoms with E-state index >= 15 is 0 Å². The molecule has 0 saturated carbocycles. The van der Waals surface area contributed by atoms with Crippen molar-refractivity contribution in [1.29, 1.82) is 0 Å². The molecule has 4 rings (SSSR count). The summed E-state index contributed by atoms with van der Waals surface area (Å²) in [4.78, 5) is 36.7. The molecule has 1 atom stereocenters. The molecule has 0 N–H and O–H groups in total. The van der Waals surface area contributed by atoms with Gasteiger partial charge in [0.2, 0.25) is 11.8 Å². The van der Waals surface area contributed by atoms with Crippen LogP contribution in [0.3, 0.4) is 0 Å². The molecule has 2 aromatic rings. The summed E-state index contributed by atoms with van der Waals surface area (Å²) < 4.78 is 0. The number of amides is 2. The molecule has 2 fully saturated rings. The Morgan fingerprint density at radius 1 is 1.08 bits per heavy atom. The Morgan fingerprint density at radius 3 is 2.52 bits per heavy atom. The minimum Gasteiger partial charge on any atom is -0.341 e. The number of rotatable bonds is 4. The first kappa shape index (κ1) is 15.7. The fourth-order valence-corrected chi connectivity index (χ4v) is 3.55. The highest BCUT2D eigenvalue weighted by molar-refractivity contribution is 5.89. The summed E-state index contributed by atoms with van der Waals surface area (Å²) in [6.07, 6.45) is 7.40. The van der Waals surface area contributed by atoms with Crippen LogP contribution in [0.4, 0.5) is 0 Å². The topological polar surface area (TPSA) is 66.4 Å². The van der Waals surface area contributed by atoms with Crippen LogP contribution in [-0.2, 0) is 16.1 Å². The molecule has 128 valence electrons. The number of likely N-dealkylation sites (tertiary alicyclic amines) is 2. The molecule has 0 aliphatic carbocycles. The molecule has 25 heavy (non-hydrogen) atoms. The summed E-state index contributed by atoms with van der Waals surface area (Å²) in [6.45, 7) is 2.46. The zero-order valence-electron chi connectivity index (χ0n) is 13.9. The predicted molar refractivity (Wildman–Crippen MR) is 91.3 cm³/mol. The minimum atomic E-state index is -0.223. The van der Waals surface area contributed by atoms with Gasteiger partial charge in [-0.2, -0.15) is 0 Å². The van der Waals surface area contributed by atoms with E-state index in [1.54, 1.807) is 23.5 Å². The number of hydrogen-bond donors (Lipinski definition) is 0. The molecular weight excluding hydrogens is 316 g/mol. The summed E-state index contributed by atoms with van der Waals surface area (Å²) in [6, 6.07) is 7.78. The van der Waals surface area contributed by atoms with Crippen LogP contribution in [-0.4, -0.2) is 51.2 Å². The first-order valence-corrected chi connectivity index (χ1v) is 8.56. The second kappa shape index (κ2) is 6.63. The number of pyridine rings is 2. The summed E-state index contributed by atoms with van der Waals surface area (Å²) in [5.41, 5.74) is 2.16. The van der Waals surface area contributed by atoms with Crippen molar-refractivity contribution in [3.8, 4) is 0 Å². The lowest BCUT2D eigenvalue weighted by Crippen LogP contribution is -2.51. The summed E-state index contributed by atoms with van der Waals surface area (Å²) in [5.74, 6) is 0.286. The molecule has 6 nitrogen and oxygen atoms in total. The molecule has 0 bridgehead atoms. The summed E-state index contributed by atoms with van der Waals surface area (Å²) >= 11 is 0. The van der Waals surface area contributed by atoms with Crippen LogP contribution in [0.25, 0.3) is 0 Å². The van der Waals surface area contributed by atoms with Gasteiger partial charge in [0.15, 0.2) is 0 Å². The van der Waals surface area contributed by atoms with Gasteiger partial charge < -0.3 is 9.80 Å². The molecule has 2 saturated heterocycles. The Morgan fingerprint density at radius 2 is 1.84 bits per heavy atom. The van der Waals surface area contributed by atoms with E-state index in [-0.39, 0.29) is 17.7 Å². The normalized spacial score (nSPS) is 20.6. The fraction of sp³-hybridized carbons (Fsp3) is 0.368. The van der Waals surface area contributed by atoms with E-state index in [9.17, 15) is 9.59 Å². The number of carbonyl (C=O) groups excluding carboxylic acids is 2.